The smallest absolute Gasteiger partial charge is 0.171 e. The van der Waals surface area contributed by atoms with Crippen LogP contribution in [0.2, 0.25) is 5.15 Å². The van der Waals surface area contributed by atoms with Crippen LogP contribution in [0.1, 0.15) is 17.5 Å². The number of aryl methyl sites for hydroxylation is 2. The summed E-state index contributed by atoms with van der Waals surface area (Å²) < 4.78 is 0.769. The average molecular weight is 318 g/mol. The highest BCUT2D eigenvalue weighted by Gasteiger charge is 2.10. The molecule has 0 aliphatic carbocycles. The van der Waals surface area contributed by atoms with Crippen molar-refractivity contribution in [3.05, 3.63) is 32.3 Å². The molecule has 0 aliphatic heterocycles. The van der Waals surface area contributed by atoms with Gasteiger partial charge in [-0.3, -0.25) is 0 Å². The third-order valence-corrected chi connectivity index (χ3v) is 4.88. The zero-order valence-corrected chi connectivity index (χ0v) is 12.1. The third kappa shape index (κ3) is 2.29. The van der Waals surface area contributed by atoms with E-state index in [2.05, 4.69) is 38.9 Å². The Labute approximate surface area is 112 Å². The predicted molar refractivity (Wildman–Crippen MR) is 72.2 cm³/mol. The summed E-state index contributed by atoms with van der Waals surface area (Å²) in [6.45, 7) is 4.05. The van der Waals surface area contributed by atoms with E-state index in [4.69, 9.17) is 11.6 Å². The Kier molecular flexibility index (Phi) is 3.62. The maximum absolute atomic E-state index is 6.02. The molecule has 0 aliphatic rings. The monoisotopic (exact) mass is 316 g/mol. The highest BCUT2D eigenvalue weighted by atomic mass is 79.9. The second kappa shape index (κ2) is 4.82. The molecule has 5 heteroatoms. The van der Waals surface area contributed by atoms with E-state index >= 15 is 0 Å². The second-order valence-corrected chi connectivity index (χ2v) is 5.68. The molecule has 0 unspecified atom stereocenters. The van der Waals surface area contributed by atoms with Crippen molar-refractivity contribution in [3.8, 4) is 10.7 Å². The average Bonchev–Trinajstić information content (AvgIpc) is 2.73. The summed E-state index contributed by atoms with van der Waals surface area (Å²) >= 11 is 11.1. The second-order valence-electron chi connectivity index (χ2n) is 3.36. The van der Waals surface area contributed by atoms with Gasteiger partial charge in [0.15, 0.2) is 5.82 Å². The van der Waals surface area contributed by atoms with Gasteiger partial charge in [0.2, 0.25) is 0 Å². The zero-order valence-electron chi connectivity index (χ0n) is 8.92. The number of hydrogen-bond donors (Lipinski definition) is 0. The van der Waals surface area contributed by atoms with Crippen molar-refractivity contribution < 1.29 is 0 Å². The van der Waals surface area contributed by atoms with Crippen LogP contribution >= 0.6 is 38.9 Å². The van der Waals surface area contributed by atoms with Crippen LogP contribution in [0.15, 0.2) is 16.6 Å². The molecule has 2 aromatic rings. The van der Waals surface area contributed by atoms with Gasteiger partial charge in [0, 0.05) is 4.88 Å². The minimum Gasteiger partial charge on any atom is -0.231 e. The molecule has 0 fully saturated rings. The van der Waals surface area contributed by atoms with Crippen LogP contribution in [0.5, 0.6) is 0 Å². The number of halogens is 2. The van der Waals surface area contributed by atoms with E-state index in [0.717, 1.165) is 21.5 Å². The number of thiophene rings is 1. The minimum absolute atomic E-state index is 0.467. The molecular formula is C11H10BrClN2S. The highest BCUT2D eigenvalue weighted by molar-refractivity contribution is 9.10. The highest BCUT2D eigenvalue weighted by Crippen LogP contribution is 2.30. The van der Waals surface area contributed by atoms with Crippen molar-refractivity contribution in [1.82, 2.24) is 9.97 Å². The molecule has 0 saturated heterocycles. The Morgan fingerprint density at radius 1 is 1.38 bits per heavy atom. The van der Waals surface area contributed by atoms with Gasteiger partial charge in [0.05, 0.1) is 15.0 Å². The van der Waals surface area contributed by atoms with Crippen molar-refractivity contribution >= 4 is 38.9 Å². The largest absolute Gasteiger partial charge is 0.231 e. The Bertz CT molecular complexity index is 501. The van der Waals surface area contributed by atoms with E-state index in [1.807, 2.05) is 13.0 Å². The Balaban J connectivity index is 2.48. The van der Waals surface area contributed by atoms with Gasteiger partial charge >= 0.3 is 0 Å². The van der Waals surface area contributed by atoms with Crippen LogP contribution in [-0.4, -0.2) is 9.97 Å². The van der Waals surface area contributed by atoms with Gasteiger partial charge in [-0.2, -0.15) is 0 Å². The molecule has 0 aromatic carbocycles. The molecule has 0 radical (unpaired) electrons. The van der Waals surface area contributed by atoms with E-state index in [9.17, 15) is 0 Å². The van der Waals surface area contributed by atoms with Crippen LogP contribution in [0.3, 0.4) is 0 Å². The third-order valence-electron chi connectivity index (χ3n) is 2.21. The summed E-state index contributed by atoms with van der Waals surface area (Å²) in [5.41, 5.74) is 0.862. The lowest BCUT2D eigenvalue weighted by Gasteiger charge is -2.02. The molecule has 2 aromatic heterocycles. The molecular weight excluding hydrogens is 308 g/mol. The number of rotatable bonds is 2. The maximum atomic E-state index is 6.02. The predicted octanol–water partition coefficient (Wildman–Crippen LogP) is 4.49. The lowest BCUT2D eigenvalue weighted by atomic mass is 10.3. The first-order chi connectivity index (χ1) is 7.61. The fourth-order valence-corrected chi connectivity index (χ4v) is 2.60. The van der Waals surface area contributed by atoms with Gasteiger partial charge in [-0.15, -0.1) is 11.3 Å². The van der Waals surface area contributed by atoms with Gasteiger partial charge in [-0.05, 0) is 41.4 Å². The van der Waals surface area contributed by atoms with Crippen molar-refractivity contribution in [1.29, 1.82) is 0 Å². The van der Waals surface area contributed by atoms with Crippen LogP contribution in [0, 0.1) is 6.92 Å². The van der Waals surface area contributed by atoms with Gasteiger partial charge in [0.25, 0.3) is 0 Å². The molecule has 2 heterocycles. The molecule has 2 nitrogen and oxygen atoms in total. The SMILES string of the molecule is CCc1ccc(-c2nc(C)c(Br)c(Cl)n2)s1. The Morgan fingerprint density at radius 2 is 2.12 bits per heavy atom. The summed E-state index contributed by atoms with van der Waals surface area (Å²) in [6.07, 6.45) is 1.04. The Morgan fingerprint density at radius 3 is 2.69 bits per heavy atom. The fourth-order valence-electron chi connectivity index (χ4n) is 1.32. The quantitative estimate of drug-likeness (QED) is 0.763. The minimum atomic E-state index is 0.467. The number of hydrogen-bond acceptors (Lipinski definition) is 3. The summed E-state index contributed by atoms with van der Waals surface area (Å²) in [5, 5.41) is 0.467. The van der Waals surface area contributed by atoms with Crippen molar-refractivity contribution in [2.24, 2.45) is 0 Å². The first-order valence-electron chi connectivity index (χ1n) is 4.90. The van der Waals surface area contributed by atoms with E-state index in [-0.39, 0.29) is 0 Å². The maximum Gasteiger partial charge on any atom is 0.171 e. The van der Waals surface area contributed by atoms with Crippen LogP contribution < -0.4 is 0 Å². The zero-order chi connectivity index (χ0) is 11.7. The number of aromatic nitrogens is 2. The Hall–Kier alpha value is -0.450. The standard InChI is InChI=1S/C11H10BrClN2S/c1-3-7-4-5-8(16-7)11-14-6(2)9(12)10(13)15-11/h4-5H,3H2,1-2H3. The fraction of sp³-hybridized carbons (Fsp3) is 0.273. The van der Waals surface area contributed by atoms with E-state index in [0.29, 0.717) is 11.0 Å². The summed E-state index contributed by atoms with van der Waals surface area (Å²) in [7, 11) is 0. The summed E-state index contributed by atoms with van der Waals surface area (Å²) in [4.78, 5) is 11.1. The molecule has 0 spiro atoms. The van der Waals surface area contributed by atoms with Crippen molar-refractivity contribution in [2.45, 2.75) is 20.3 Å². The van der Waals surface area contributed by atoms with Gasteiger partial charge in [0.1, 0.15) is 5.15 Å². The molecule has 84 valence electrons. The molecule has 0 amide bonds. The summed E-state index contributed by atoms with van der Waals surface area (Å²) in [5.74, 6) is 0.704. The van der Waals surface area contributed by atoms with Gasteiger partial charge in [-0.1, -0.05) is 18.5 Å². The van der Waals surface area contributed by atoms with Gasteiger partial charge < -0.3 is 0 Å². The first kappa shape index (κ1) is 12.0. The van der Waals surface area contributed by atoms with E-state index < -0.39 is 0 Å². The lowest BCUT2D eigenvalue weighted by molar-refractivity contribution is 1.10. The molecule has 0 atom stereocenters. The van der Waals surface area contributed by atoms with Crippen LogP contribution in [-0.2, 0) is 6.42 Å². The molecule has 2 rings (SSSR count). The first-order valence-corrected chi connectivity index (χ1v) is 6.89. The van der Waals surface area contributed by atoms with Crippen molar-refractivity contribution in [2.75, 3.05) is 0 Å². The van der Waals surface area contributed by atoms with Crippen LogP contribution in [0.25, 0.3) is 10.7 Å². The number of nitrogens with zero attached hydrogens (tertiary/aromatic N) is 2. The summed E-state index contributed by atoms with van der Waals surface area (Å²) in [6, 6.07) is 4.15. The lowest BCUT2D eigenvalue weighted by Crippen LogP contribution is -1.92. The van der Waals surface area contributed by atoms with Crippen LogP contribution in [0.4, 0.5) is 0 Å². The molecule has 0 N–H and O–H groups in total. The van der Waals surface area contributed by atoms with E-state index in [1.165, 1.54) is 4.88 Å². The molecule has 16 heavy (non-hydrogen) atoms. The topological polar surface area (TPSA) is 25.8 Å². The molecule has 0 bridgehead atoms. The van der Waals surface area contributed by atoms with Gasteiger partial charge in [-0.25, -0.2) is 9.97 Å². The van der Waals surface area contributed by atoms with Crippen molar-refractivity contribution in [3.63, 3.8) is 0 Å². The van der Waals surface area contributed by atoms with E-state index in [1.54, 1.807) is 11.3 Å². The molecule has 0 saturated carbocycles. The normalized spacial score (nSPS) is 10.8.